The Morgan fingerprint density at radius 1 is 1.17 bits per heavy atom. The monoisotopic (exact) mass is 327 g/mol. The summed E-state index contributed by atoms with van der Waals surface area (Å²) < 4.78 is 12.9. The van der Waals surface area contributed by atoms with Crippen molar-refractivity contribution in [3.8, 4) is 5.88 Å². The van der Waals surface area contributed by atoms with Crippen molar-refractivity contribution in [2.75, 3.05) is 31.2 Å². The van der Waals surface area contributed by atoms with Gasteiger partial charge in [0.25, 0.3) is 0 Å². The molecule has 3 aromatic rings. The maximum Gasteiger partial charge on any atom is 0.213 e. The third-order valence-corrected chi connectivity index (χ3v) is 4.81. The molecule has 1 aromatic carbocycles. The van der Waals surface area contributed by atoms with Crippen LogP contribution in [0.4, 0.5) is 5.13 Å². The molecule has 0 radical (unpaired) electrons. The van der Waals surface area contributed by atoms with Crippen molar-refractivity contribution < 1.29 is 9.47 Å². The highest BCUT2D eigenvalue weighted by atomic mass is 32.1. The number of benzene rings is 1. The van der Waals surface area contributed by atoms with E-state index in [1.165, 1.54) is 4.70 Å². The van der Waals surface area contributed by atoms with Gasteiger partial charge in [-0.25, -0.2) is 9.97 Å². The minimum atomic E-state index is -0.0561. The highest BCUT2D eigenvalue weighted by molar-refractivity contribution is 7.22. The summed E-state index contributed by atoms with van der Waals surface area (Å²) in [6, 6.07) is 13.9. The molecule has 1 atom stereocenters. The Bertz CT molecular complexity index is 745. The van der Waals surface area contributed by atoms with Gasteiger partial charge in [-0.1, -0.05) is 29.5 Å². The van der Waals surface area contributed by atoms with Gasteiger partial charge in [-0.15, -0.1) is 0 Å². The number of rotatable bonds is 3. The zero-order valence-corrected chi connectivity index (χ0v) is 13.4. The van der Waals surface area contributed by atoms with Crippen molar-refractivity contribution in [1.29, 1.82) is 0 Å². The van der Waals surface area contributed by atoms with Crippen LogP contribution >= 0.6 is 11.3 Å². The van der Waals surface area contributed by atoms with Crippen molar-refractivity contribution >= 4 is 26.7 Å². The molecule has 23 heavy (non-hydrogen) atoms. The number of para-hydroxylation sites is 1. The van der Waals surface area contributed by atoms with Crippen LogP contribution in [0, 0.1) is 0 Å². The lowest BCUT2D eigenvalue weighted by molar-refractivity contribution is 0.0706. The molecule has 2 aromatic heterocycles. The van der Waals surface area contributed by atoms with Gasteiger partial charge in [0.15, 0.2) is 5.13 Å². The van der Waals surface area contributed by atoms with Crippen LogP contribution in [0.15, 0.2) is 48.7 Å². The molecule has 3 heterocycles. The van der Waals surface area contributed by atoms with Gasteiger partial charge < -0.3 is 14.4 Å². The topological polar surface area (TPSA) is 47.5 Å². The summed E-state index contributed by atoms with van der Waals surface area (Å²) in [7, 11) is 0. The molecule has 4 rings (SSSR count). The number of aromatic nitrogens is 2. The molecule has 0 N–H and O–H groups in total. The number of hydrogen-bond donors (Lipinski definition) is 0. The van der Waals surface area contributed by atoms with Gasteiger partial charge in [-0.3, -0.25) is 0 Å². The summed E-state index contributed by atoms with van der Waals surface area (Å²) in [4.78, 5) is 11.2. The molecule has 6 heteroatoms. The molecule has 5 nitrogen and oxygen atoms in total. The first-order valence-corrected chi connectivity index (χ1v) is 8.46. The number of hydrogen-bond acceptors (Lipinski definition) is 6. The molecule has 118 valence electrons. The third kappa shape index (κ3) is 3.28. The van der Waals surface area contributed by atoms with Gasteiger partial charge in [0, 0.05) is 18.8 Å². The van der Waals surface area contributed by atoms with Gasteiger partial charge >= 0.3 is 0 Å². The Morgan fingerprint density at radius 3 is 2.96 bits per heavy atom. The molecule has 0 spiro atoms. The van der Waals surface area contributed by atoms with Crippen molar-refractivity contribution in [3.05, 3.63) is 48.7 Å². The highest BCUT2D eigenvalue weighted by Crippen LogP contribution is 2.29. The Morgan fingerprint density at radius 2 is 2.09 bits per heavy atom. The first kappa shape index (κ1) is 14.4. The van der Waals surface area contributed by atoms with Crippen molar-refractivity contribution in [1.82, 2.24) is 9.97 Å². The lowest BCUT2D eigenvalue weighted by Gasteiger charge is -2.23. The molecule has 0 amide bonds. The highest BCUT2D eigenvalue weighted by Gasteiger charge is 2.22. The first-order valence-electron chi connectivity index (χ1n) is 7.64. The van der Waals surface area contributed by atoms with Crippen LogP contribution in [0.5, 0.6) is 5.88 Å². The first-order chi connectivity index (χ1) is 11.4. The normalized spacial score (nSPS) is 18.8. The van der Waals surface area contributed by atoms with E-state index in [1.807, 2.05) is 36.4 Å². The van der Waals surface area contributed by atoms with Crippen LogP contribution in [0.25, 0.3) is 10.2 Å². The molecule has 1 fully saturated rings. The van der Waals surface area contributed by atoms with Gasteiger partial charge in [0.2, 0.25) is 5.88 Å². The molecule has 0 unspecified atom stereocenters. The number of thiazole rings is 1. The van der Waals surface area contributed by atoms with E-state index in [4.69, 9.17) is 14.5 Å². The summed E-state index contributed by atoms with van der Waals surface area (Å²) in [6.07, 6.45) is 1.68. The Kier molecular flexibility index (Phi) is 4.08. The van der Waals surface area contributed by atoms with E-state index in [9.17, 15) is 0 Å². The van der Waals surface area contributed by atoms with Crippen molar-refractivity contribution in [3.63, 3.8) is 0 Å². The van der Waals surface area contributed by atoms with E-state index < -0.39 is 0 Å². The zero-order valence-electron chi connectivity index (χ0n) is 12.6. The van der Waals surface area contributed by atoms with E-state index in [-0.39, 0.29) is 6.10 Å². The van der Waals surface area contributed by atoms with E-state index in [0.717, 1.165) is 23.7 Å². The predicted octanol–water partition coefficient (Wildman–Crippen LogP) is 2.98. The van der Waals surface area contributed by atoms with Crippen LogP contribution in [-0.2, 0) is 4.74 Å². The largest absolute Gasteiger partial charge is 0.470 e. The third-order valence-electron chi connectivity index (χ3n) is 3.71. The molecular weight excluding hydrogens is 310 g/mol. The minimum Gasteiger partial charge on any atom is -0.470 e. The molecule has 0 aliphatic carbocycles. The fourth-order valence-corrected chi connectivity index (χ4v) is 3.61. The maximum atomic E-state index is 5.96. The molecule has 1 saturated heterocycles. The smallest absolute Gasteiger partial charge is 0.213 e. The Hall–Kier alpha value is -2.18. The number of anilines is 1. The number of nitrogens with zero attached hydrogens (tertiary/aromatic N) is 3. The number of ether oxygens (including phenoxy) is 2. The van der Waals surface area contributed by atoms with Gasteiger partial charge in [0.1, 0.15) is 6.10 Å². The Balaban J connectivity index is 1.53. The van der Waals surface area contributed by atoms with Gasteiger partial charge in [-0.2, -0.15) is 0 Å². The van der Waals surface area contributed by atoms with Crippen LogP contribution in [-0.4, -0.2) is 42.4 Å². The summed E-state index contributed by atoms with van der Waals surface area (Å²) in [5.41, 5.74) is 1.04. The zero-order chi connectivity index (χ0) is 15.5. The maximum absolute atomic E-state index is 5.96. The van der Waals surface area contributed by atoms with E-state index >= 15 is 0 Å². The van der Waals surface area contributed by atoms with E-state index in [0.29, 0.717) is 19.1 Å². The molecular formula is C17H17N3O2S. The molecule has 0 bridgehead atoms. The predicted molar refractivity (Wildman–Crippen MR) is 91.3 cm³/mol. The van der Waals surface area contributed by atoms with Crippen molar-refractivity contribution in [2.24, 2.45) is 0 Å². The van der Waals surface area contributed by atoms with Crippen LogP contribution < -0.4 is 9.64 Å². The summed E-state index contributed by atoms with van der Waals surface area (Å²) in [5.74, 6) is 0.632. The SMILES string of the molecule is c1ccc(O[C@H]2COCCN(c3nc4ccccc4s3)C2)nc1. The van der Waals surface area contributed by atoms with Crippen LogP contribution in [0.3, 0.4) is 0 Å². The second kappa shape index (κ2) is 6.52. The summed E-state index contributed by atoms with van der Waals surface area (Å²) in [5, 5.41) is 1.02. The average molecular weight is 327 g/mol. The van der Waals surface area contributed by atoms with Crippen LogP contribution in [0.2, 0.25) is 0 Å². The van der Waals surface area contributed by atoms with E-state index in [1.54, 1.807) is 17.5 Å². The summed E-state index contributed by atoms with van der Waals surface area (Å²) in [6.45, 7) is 2.81. The van der Waals surface area contributed by atoms with Gasteiger partial charge in [0.05, 0.1) is 30.0 Å². The standard InChI is InChI=1S/C17H17N3O2S/c1-2-6-15-14(5-1)19-17(23-15)20-9-10-21-12-13(11-20)22-16-7-3-4-8-18-16/h1-8,13H,9-12H2/t13-/m1/s1. The quantitative estimate of drug-likeness (QED) is 0.740. The fraction of sp³-hybridized carbons (Fsp3) is 0.294. The molecule has 1 aliphatic rings. The van der Waals surface area contributed by atoms with E-state index in [2.05, 4.69) is 16.0 Å². The van der Waals surface area contributed by atoms with Crippen molar-refractivity contribution in [2.45, 2.75) is 6.10 Å². The minimum absolute atomic E-state index is 0.0561. The Labute approximate surface area is 138 Å². The number of fused-ring (bicyclic) bond motifs is 1. The number of pyridine rings is 1. The lowest BCUT2D eigenvalue weighted by atomic mass is 10.3. The molecule has 1 aliphatic heterocycles. The molecule has 0 saturated carbocycles. The van der Waals surface area contributed by atoms with Gasteiger partial charge in [-0.05, 0) is 18.2 Å². The second-order valence-corrected chi connectivity index (χ2v) is 6.40. The summed E-state index contributed by atoms with van der Waals surface area (Å²) >= 11 is 1.71. The average Bonchev–Trinajstić information content (AvgIpc) is 2.89. The lowest BCUT2D eigenvalue weighted by Crippen LogP contribution is -2.36. The fourth-order valence-electron chi connectivity index (χ4n) is 2.61. The second-order valence-electron chi connectivity index (χ2n) is 5.39. The van der Waals surface area contributed by atoms with Crippen LogP contribution in [0.1, 0.15) is 0 Å².